The van der Waals surface area contributed by atoms with E-state index >= 15 is 0 Å². The molecule has 0 amide bonds. The van der Waals surface area contributed by atoms with Crippen LogP contribution in [-0.4, -0.2) is 16.1 Å². The Balaban J connectivity index is 3.40. The van der Waals surface area contributed by atoms with Crippen LogP contribution in [0, 0.1) is 25.2 Å². The van der Waals surface area contributed by atoms with Gasteiger partial charge in [-0.25, -0.2) is 4.79 Å². The summed E-state index contributed by atoms with van der Waals surface area (Å²) in [5.74, 6) is -0.997. The largest absolute Gasteiger partial charge is 0.478 e. The molecule has 0 aliphatic carbocycles. The van der Waals surface area contributed by atoms with Gasteiger partial charge in [-0.3, -0.25) is 0 Å². The molecule has 0 saturated carbocycles. The number of nitrogens with zero attached hydrogens (tertiary/aromatic N) is 1. The van der Waals surface area contributed by atoms with Crippen molar-refractivity contribution in [2.75, 3.05) is 0 Å². The average molecular weight is 164 g/mol. The van der Waals surface area contributed by atoms with Crippen LogP contribution in [0.4, 0.5) is 0 Å². The molecule has 0 unspecified atom stereocenters. The summed E-state index contributed by atoms with van der Waals surface area (Å²) in [6.07, 6.45) is 0. The summed E-state index contributed by atoms with van der Waals surface area (Å²) in [4.78, 5) is 13.3. The summed E-state index contributed by atoms with van der Waals surface area (Å²) < 4.78 is 0. The first-order chi connectivity index (χ1) is 5.57. The van der Waals surface area contributed by atoms with Crippen molar-refractivity contribution in [3.8, 4) is 6.07 Å². The fraction of sp³-hybridized carbons (Fsp3) is 0.250. The van der Waals surface area contributed by atoms with Gasteiger partial charge in [0.15, 0.2) is 0 Å². The second kappa shape index (κ2) is 2.70. The van der Waals surface area contributed by atoms with Gasteiger partial charge in [0.1, 0.15) is 11.8 Å². The van der Waals surface area contributed by atoms with Gasteiger partial charge < -0.3 is 10.1 Å². The van der Waals surface area contributed by atoms with E-state index < -0.39 is 5.97 Å². The Hall–Kier alpha value is -1.76. The molecule has 0 saturated heterocycles. The molecule has 1 rings (SSSR count). The molecule has 2 N–H and O–H groups in total. The van der Waals surface area contributed by atoms with Gasteiger partial charge in [0, 0.05) is 5.69 Å². The van der Waals surface area contributed by atoms with Crippen molar-refractivity contribution in [3.63, 3.8) is 0 Å². The average Bonchev–Trinajstić information content (AvgIpc) is 2.25. The number of carbonyl (C=O) groups is 1. The van der Waals surface area contributed by atoms with Gasteiger partial charge in [-0.1, -0.05) is 0 Å². The van der Waals surface area contributed by atoms with Gasteiger partial charge >= 0.3 is 5.97 Å². The van der Waals surface area contributed by atoms with Gasteiger partial charge in [0.05, 0.1) is 5.56 Å². The number of aromatic carboxylic acids is 1. The summed E-state index contributed by atoms with van der Waals surface area (Å²) in [6.45, 7) is 3.25. The molecule has 0 radical (unpaired) electrons. The highest BCUT2D eigenvalue weighted by Gasteiger charge is 2.16. The third-order valence-electron chi connectivity index (χ3n) is 1.76. The van der Waals surface area contributed by atoms with E-state index in [0.29, 0.717) is 17.0 Å². The molecule has 0 bridgehead atoms. The lowest BCUT2D eigenvalue weighted by atomic mass is 10.1. The lowest BCUT2D eigenvalue weighted by Crippen LogP contribution is -1.98. The minimum atomic E-state index is -0.997. The molecule has 4 heteroatoms. The molecular formula is C8H8N2O2. The summed E-state index contributed by atoms with van der Waals surface area (Å²) in [6, 6.07) is 1.89. The van der Waals surface area contributed by atoms with E-state index in [2.05, 4.69) is 4.98 Å². The summed E-state index contributed by atoms with van der Waals surface area (Å²) in [7, 11) is 0. The topological polar surface area (TPSA) is 76.9 Å². The van der Waals surface area contributed by atoms with Crippen LogP contribution in [0.5, 0.6) is 0 Å². The molecule has 0 aliphatic heterocycles. The molecular weight excluding hydrogens is 156 g/mol. The second-order valence-corrected chi connectivity index (χ2v) is 2.54. The summed E-state index contributed by atoms with van der Waals surface area (Å²) >= 11 is 0. The molecule has 4 nitrogen and oxygen atoms in total. The number of aromatic nitrogens is 1. The number of H-pyrrole nitrogens is 1. The maximum atomic E-state index is 10.6. The second-order valence-electron chi connectivity index (χ2n) is 2.54. The molecule has 1 heterocycles. The van der Waals surface area contributed by atoms with Crippen LogP contribution in [0.25, 0.3) is 0 Å². The molecule has 0 spiro atoms. The normalized spacial score (nSPS) is 9.42. The Morgan fingerprint density at radius 1 is 1.58 bits per heavy atom. The summed E-state index contributed by atoms with van der Waals surface area (Å²) in [5.41, 5.74) is 1.55. The fourth-order valence-electron chi connectivity index (χ4n) is 1.18. The van der Waals surface area contributed by atoms with E-state index in [-0.39, 0.29) is 5.56 Å². The molecule has 0 aliphatic rings. The van der Waals surface area contributed by atoms with Gasteiger partial charge in [-0.05, 0) is 19.4 Å². The van der Waals surface area contributed by atoms with Crippen LogP contribution in [0.2, 0.25) is 0 Å². The van der Waals surface area contributed by atoms with Crippen molar-refractivity contribution in [1.82, 2.24) is 4.98 Å². The molecule has 62 valence electrons. The van der Waals surface area contributed by atoms with Crippen molar-refractivity contribution in [1.29, 1.82) is 5.26 Å². The zero-order chi connectivity index (χ0) is 9.30. The van der Waals surface area contributed by atoms with E-state index in [1.807, 2.05) is 6.07 Å². The zero-order valence-corrected chi connectivity index (χ0v) is 6.80. The molecule has 0 aromatic carbocycles. The first-order valence-electron chi connectivity index (χ1n) is 3.40. The number of carboxylic acids is 1. The van der Waals surface area contributed by atoms with Crippen LogP contribution < -0.4 is 0 Å². The molecule has 12 heavy (non-hydrogen) atoms. The molecule has 0 fully saturated rings. The van der Waals surface area contributed by atoms with Crippen LogP contribution in [0.3, 0.4) is 0 Å². The Bertz CT molecular complexity index is 371. The maximum Gasteiger partial charge on any atom is 0.337 e. The lowest BCUT2D eigenvalue weighted by Gasteiger charge is -1.91. The first-order valence-corrected chi connectivity index (χ1v) is 3.40. The van der Waals surface area contributed by atoms with Crippen LogP contribution >= 0.6 is 0 Å². The van der Waals surface area contributed by atoms with Crippen LogP contribution in [-0.2, 0) is 0 Å². The Morgan fingerprint density at radius 3 is 2.42 bits per heavy atom. The van der Waals surface area contributed by atoms with E-state index in [0.717, 1.165) is 0 Å². The number of rotatable bonds is 1. The quantitative estimate of drug-likeness (QED) is 0.654. The van der Waals surface area contributed by atoms with E-state index in [9.17, 15) is 4.79 Å². The van der Waals surface area contributed by atoms with Crippen molar-refractivity contribution in [2.45, 2.75) is 13.8 Å². The molecule has 1 aromatic heterocycles. The SMILES string of the molecule is Cc1[nH]c(C#N)c(C)c1C(=O)O. The highest BCUT2D eigenvalue weighted by atomic mass is 16.4. The molecule has 1 aromatic rings. The number of nitrogens with one attached hydrogen (secondary N) is 1. The number of aryl methyl sites for hydroxylation is 1. The highest BCUT2D eigenvalue weighted by molar-refractivity contribution is 5.91. The number of hydrogen-bond donors (Lipinski definition) is 2. The van der Waals surface area contributed by atoms with Crippen LogP contribution in [0.1, 0.15) is 27.3 Å². The number of carboxylic acid groups (broad SMARTS) is 1. The third kappa shape index (κ3) is 1.05. The van der Waals surface area contributed by atoms with Crippen molar-refractivity contribution in [2.24, 2.45) is 0 Å². The minimum Gasteiger partial charge on any atom is -0.478 e. The first kappa shape index (κ1) is 8.34. The minimum absolute atomic E-state index is 0.201. The Kier molecular flexibility index (Phi) is 1.88. The zero-order valence-electron chi connectivity index (χ0n) is 6.80. The van der Waals surface area contributed by atoms with Gasteiger partial charge in [0.2, 0.25) is 0 Å². The highest BCUT2D eigenvalue weighted by Crippen LogP contribution is 2.16. The van der Waals surface area contributed by atoms with Crippen molar-refractivity contribution in [3.05, 3.63) is 22.5 Å². The smallest absolute Gasteiger partial charge is 0.337 e. The summed E-state index contributed by atoms with van der Waals surface area (Å²) in [5, 5.41) is 17.3. The Morgan fingerprint density at radius 2 is 2.17 bits per heavy atom. The third-order valence-corrected chi connectivity index (χ3v) is 1.76. The van der Waals surface area contributed by atoms with Gasteiger partial charge in [-0.2, -0.15) is 5.26 Å². The van der Waals surface area contributed by atoms with Gasteiger partial charge in [-0.15, -0.1) is 0 Å². The monoisotopic (exact) mass is 164 g/mol. The van der Waals surface area contributed by atoms with Crippen LogP contribution in [0.15, 0.2) is 0 Å². The predicted octanol–water partition coefficient (Wildman–Crippen LogP) is 1.20. The van der Waals surface area contributed by atoms with E-state index in [1.165, 1.54) is 0 Å². The number of hydrogen-bond acceptors (Lipinski definition) is 2. The van der Waals surface area contributed by atoms with Crippen molar-refractivity contribution < 1.29 is 9.90 Å². The van der Waals surface area contributed by atoms with Gasteiger partial charge in [0.25, 0.3) is 0 Å². The maximum absolute atomic E-state index is 10.6. The lowest BCUT2D eigenvalue weighted by molar-refractivity contribution is 0.0695. The Labute approximate surface area is 69.4 Å². The number of nitriles is 1. The van der Waals surface area contributed by atoms with E-state index in [4.69, 9.17) is 10.4 Å². The predicted molar refractivity (Wildman–Crippen MR) is 41.9 cm³/mol. The van der Waals surface area contributed by atoms with Crippen molar-refractivity contribution >= 4 is 5.97 Å². The fourth-order valence-corrected chi connectivity index (χ4v) is 1.18. The number of aromatic amines is 1. The standard InChI is InChI=1S/C8H8N2O2/c1-4-6(3-9)10-5(2)7(4)8(11)12/h10H,1-2H3,(H,11,12). The van der Waals surface area contributed by atoms with E-state index in [1.54, 1.807) is 13.8 Å². The molecule has 0 atom stereocenters.